The predicted molar refractivity (Wildman–Crippen MR) is 66.6 cm³/mol. The lowest BCUT2D eigenvalue weighted by Gasteiger charge is -2.05. The van der Waals surface area contributed by atoms with Crippen molar-refractivity contribution in [1.82, 2.24) is 9.78 Å². The standard InChI is InChI=1S/C12H13ClFN3/c1-2-17-8-11(7-16-17)15-6-9-5-10(13)3-4-12(9)14/h3-5,7-8,15H,2,6H2,1H3. The van der Waals surface area contributed by atoms with Gasteiger partial charge in [-0.1, -0.05) is 11.6 Å². The second kappa shape index (κ2) is 5.19. The molecule has 0 aliphatic rings. The molecule has 0 saturated carbocycles. The molecule has 5 heteroatoms. The maximum absolute atomic E-state index is 13.4. The normalized spacial score (nSPS) is 10.5. The first kappa shape index (κ1) is 11.9. The van der Waals surface area contributed by atoms with Crippen molar-refractivity contribution in [2.24, 2.45) is 0 Å². The molecule has 17 heavy (non-hydrogen) atoms. The zero-order valence-corrected chi connectivity index (χ0v) is 10.2. The van der Waals surface area contributed by atoms with E-state index in [-0.39, 0.29) is 5.82 Å². The number of halogens is 2. The fraction of sp³-hybridized carbons (Fsp3) is 0.250. The third-order valence-corrected chi connectivity index (χ3v) is 2.68. The van der Waals surface area contributed by atoms with Crippen molar-refractivity contribution in [3.8, 4) is 0 Å². The first-order valence-corrected chi connectivity index (χ1v) is 5.77. The van der Waals surface area contributed by atoms with Crippen LogP contribution in [-0.4, -0.2) is 9.78 Å². The molecule has 0 radical (unpaired) electrons. The van der Waals surface area contributed by atoms with E-state index in [4.69, 9.17) is 11.6 Å². The Labute approximate surface area is 104 Å². The highest BCUT2D eigenvalue weighted by Crippen LogP contribution is 2.16. The SMILES string of the molecule is CCn1cc(NCc2cc(Cl)ccc2F)cn1. The first-order chi connectivity index (χ1) is 8.19. The number of aromatic nitrogens is 2. The maximum Gasteiger partial charge on any atom is 0.128 e. The van der Waals surface area contributed by atoms with Gasteiger partial charge in [-0.25, -0.2) is 4.39 Å². The van der Waals surface area contributed by atoms with E-state index < -0.39 is 0 Å². The van der Waals surface area contributed by atoms with E-state index in [1.54, 1.807) is 16.9 Å². The van der Waals surface area contributed by atoms with Gasteiger partial charge in [-0.15, -0.1) is 0 Å². The highest BCUT2D eigenvalue weighted by atomic mass is 35.5. The van der Waals surface area contributed by atoms with Crippen molar-refractivity contribution in [1.29, 1.82) is 0 Å². The molecule has 0 saturated heterocycles. The van der Waals surface area contributed by atoms with E-state index in [1.807, 2.05) is 13.1 Å². The molecule has 0 unspecified atom stereocenters. The van der Waals surface area contributed by atoms with E-state index in [2.05, 4.69) is 10.4 Å². The molecule has 2 rings (SSSR count). The summed E-state index contributed by atoms with van der Waals surface area (Å²) in [6, 6.07) is 4.53. The zero-order chi connectivity index (χ0) is 12.3. The lowest BCUT2D eigenvalue weighted by molar-refractivity contribution is 0.613. The lowest BCUT2D eigenvalue weighted by Crippen LogP contribution is -2.01. The average Bonchev–Trinajstić information content (AvgIpc) is 2.78. The van der Waals surface area contributed by atoms with Gasteiger partial charge < -0.3 is 5.32 Å². The zero-order valence-electron chi connectivity index (χ0n) is 9.45. The summed E-state index contributed by atoms with van der Waals surface area (Å²) in [7, 11) is 0. The van der Waals surface area contributed by atoms with E-state index in [0.717, 1.165) is 12.2 Å². The summed E-state index contributed by atoms with van der Waals surface area (Å²) in [4.78, 5) is 0. The number of nitrogens with one attached hydrogen (secondary N) is 1. The highest BCUT2D eigenvalue weighted by molar-refractivity contribution is 6.30. The largest absolute Gasteiger partial charge is 0.378 e. The Morgan fingerprint density at radius 2 is 2.29 bits per heavy atom. The topological polar surface area (TPSA) is 29.9 Å². The van der Waals surface area contributed by atoms with Crippen molar-refractivity contribution in [2.45, 2.75) is 20.0 Å². The Morgan fingerprint density at radius 1 is 1.47 bits per heavy atom. The molecule has 0 fully saturated rings. The Kier molecular flexibility index (Phi) is 3.64. The van der Waals surface area contributed by atoms with Crippen LogP contribution in [0.3, 0.4) is 0 Å². The number of anilines is 1. The van der Waals surface area contributed by atoms with Crippen LogP contribution in [0.1, 0.15) is 12.5 Å². The number of rotatable bonds is 4. The summed E-state index contributed by atoms with van der Waals surface area (Å²) in [6.07, 6.45) is 3.59. The van der Waals surface area contributed by atoms with Crippen molar-refractivity contribution >= 4 is 17.3 Å². The molecule has 0 aliphatic carbocycles. The molecule has 90 valence electrons. The second-order valence-corrected chi connectivity index (χ2v) is 4.11. The van der Waals surface area contributed by atoms with E-state index in [9.17, 15) is 4.39 Å². The fourth-order valence-electron chi connectivity index (χ4n) is 1.50. The first-order valence-electron chi connectivity index (χ1n) is 5.39. The molecule has 1 heterocycles. The second-order valence-electron chi connectivity index (χ2n) is 3.67. The van der Waals surface area contributed by atoms with Gasteiger partial charge in [-0.2, -0.15) is 5.10 Å². The molecule has 0 spiro atoms. The minimum Gasteiger partial charge on any atom is -0.378 e. The van der Waals surface area contributed by atoms with Gasteiger partial charge in [0.2, 0.25) is 0 Å². The smallest absolute Gasteiger partial charge is 0.128 e. The predicted octanol–water partition coefficient (Wildman–Crippen LogP) is 3.31. The molecule has 0 atom stereocenters. The van der Waals surface area contributed by atoms with Crippen LogP contribution in [0, 0.1) is 5.82 Å². The van der Waals surface area contributed by atoms with Crippen LogP contribution < -0.4 is 5.32 Å². The summed E-state index contributed by atoms with van der Waals surface area (Å²) in [5.74, 6) is -0.259. The number of nitrogens with zero attached hydrogens (tertiary/aromatic N) is 2. The van der Waals surface area contributed by atoms with Crippen LogP contribution in [0.2, 0.25) is 5.02 Å². The van der Waals surface area contributed by atoms with Gasteiger partial charge in [0.25, 0.3) is 0 Å². The molecule has 1 aromatic heterocycles. The van der Waals surface area contributed by atoms with E-state index in [1.165, 1.54) is 12.1 Å². The highest BCUT2D eigenvalue weighted by Gasteiger charge is 2.03. The Morgan fingerprint density at radius 3 is 3.00 bits per heavy atom. The van der Waals surface area contributed by atoms with Gasteiger partial charge in [0.1, 0.15) is 5.82 Å². The van der Waals surface area contributed by atoms with Crippen molar-refractivity contribution < 1.29 is 4.39 Å². The van der Waals surface area contributed by atoms with Gasteiger partial charge >= 0.3 is 0 Å². The molecule has 0 amide bonds. The van der Waals surface area contributed by atoms with Crippen molar-refractivity contribution in [2.75, 3.05) is 5.32 Å². The molecular weight excluding hydrogens is 241 g/mol. The third kappa shape index (κ3) is 2.97. The maximum atomic E-state index is 13.4. The van der Waals surface area contributed by atoms with E-state index in [0.29, 0.717) is 17.1 Å². The number of hydrogen-bond donors (Lipinski definition) is 1. The van der Waals surface area contributed by atoms with Gasteiger partial charge in [0.05, 0.1) is 11.9 Å². The van der Waals surface area contributed by atoms with Gasteiger partial charge in [-0.05, 0) is 25.1 Å². The summed E-state index contributed by atoms with van der Waals surface area (Å²) in [6.45, 7) is 3.21. The Hall–Kier alpha value is -1.55. The van der Waals surface area contributed by atoms with Crippen LogP contribution in [-0.2, 0) is 13.1 Å². The summed E-state index contributed by atoms with van der Waals surface area (Å²) in [5.41, 5.74) is 1.41. The minimum absolute atomic E-state index is 0.259. The third-order valence-electron chi connectivity index (χ3n) is 2.45. The van der Waals surface area contributed by atoms with Crippen molar-refractivity contribution in [3.63, 3.8) is 0 Å². The van der Waals surface area contributed by atoms with Crippen LogP contribution in [0.4, 0.5) is 10.1 Å². The average molecular weight is 254 g/mol. The Bertz CT molecular complexity index is 510. The molecule has 1 N–H and O–H groups in total. The molecular formula is C12H13ClFN3. The number of benzene rings is 1. The van der Waals surface area contributed by atoms with Crippen LogP contribution in [0.15, 0.2) is 30.6 Å². The number of aryl methyl sites for hydroxylation is 1. The summed E-state index contributed by atoms with van der Waals surface area (Å²) in [5, 5.41) is 7.76. The summed E-state index contributed by atoms with van der Waals surface area (Å²) < 4.78 is 15.2. The lowest BCUT2D eigenvalue weighted by atomic mass is 10.2. The fourth-order valence-corrected chi connectivity index (χ4v) is 1.70. The molecule has 0 bridgehead atoms. The van der Waals surface area contributed by atoms with Crippen LogP contribution in [0.5, 0.6) is 0 Å². The van der Waals surface area contributed by atoms with Crippen molar-refractivity contribution in [3.05, 3.63) is 47.0 Å². The van der Waals surface area contributed by atoms with Gasteiger partial charge in [-0.3, -0.25) is 4.68 Å². The van der Waals surface area contributed by atoms with E-state index >= 15 is 0 Å². The molecule has 1 aromatic carbocycles. The summed E-state index contributed by atoms with van der Waals surface area (Å²) >= 11 is 5.81. The quantitative estimate of drug-likeness (QED) is 0.906. The number of hydrogen-bond acceptors (Lipinski definition) is 2. The Balaban J connectivity index is 2.04. The minimum atomic E-state index is -0.259. The van der Waals surface area contributed by atoms with Gasteiger partial charge in [0.15, 0.2) is 0 Å². The molecule has 3 nitrogen and oxygen atoms in total. The molecule has 2 aromatic rings. The van der Waals surface area contributed by atoms with Crippen LogP contribution >= 0.6 is 11.6 Å². The van der Waals surface area contributed by atoms with Gasteiger partial charge in [0, 0.05) is 29.9 Å². The monoisotopic (exact) mass is 253 g/mol. The van der Waals surface area contributed by atoms with Crippen LogP contribution in [0.25, 0.3) is 0 Å². The molecule has 0 aliphatic heterocycles.